The largest absolute Gasteiger partial charge is 0.490 e. The van der Waals surface area contributed by atoms with Crippen LogP contribution in [0.1, 0.15) is 26.2 Å². The monoisotopic (exact) mass is 352 g/mol. The lowest BCUT2D eigenvalue weighted by atomic mass is 9.96. The highest BCUT2D eigenvalue weighted by Crippen LogP contribution is 2.18. The first kappa shape index (κ1) is 19.0. The molecule has 2 rings (SSSR count). The van der Waals surface area contributed by atoms with Crippen molar-refractivity contribution in [3.05, 3.63) is 30.1 Å². The summed E-state index contributed by atoms with van der Waals surface area (Å²) in [6, 6.07) is 6.24. The van der Waals surface area contributed by atoms with Gasteiger partial charge >= 0.3 is 6.09 Å². The molecule has 2 amide bonds. The van der Waals surface area contributed by atoms with Crippen molar-refractivity contribution in [1.82, 2.24) is 10.2 Å². The SMILES string of the molecule is CCOC(=O)N1CCC(C(=O)NCCCOc2ccccc2F)CC1. The van der Waals surface area contributed by atoms with Crippen molar-refractivity contribution in [1.29, 1.82) is 0 Å². The molecule has 0 saturated carbocycles. The van der Waals surface area contributed by atoms with Gasteiger partial charge in [0.15, 0.2) is 11.6 Å². The normalized spacial score (nSPS) is 14.9. The predicted molar refractivity (Wildman–Crippen MR) is 90.8 cm³/mol. The number of nitrogens with one attached hydrogen (secondary N) is 1. The molecular formula is C18H25FN2O4. The molecule has 1 heterocycles. The van der Waals surface area contributed by atoms with Crippen molar-refractivity contribution < 1.29 is 23.5 Å². The third-order valence-corrected chi connectivity index (χ3v) is 4.11. The minimum absolute atomic E-state index is 0.00518. The van der Waals surface area contributed by atoms with Crippen molar-refractivity contribution >= 4 is 12.0 Å². The number of hydrogen-bond donors (Lipinski definition) is 1. The second kappa shape index (κ2) is 9.86. The summed E-state index contributed by atoms with van der Waals surface area (Å²) in [5.74, 6) is -0.257. The molecule has 1 fully saturated rings. The number of amides is 2. The van der Waals surface area contributed by atoms with E-state index in [1.807, 2.05) is 0 Å². The van der Waals surface area contributed by atoms with Gasteiger partial charge in [0.05, 0.1) is 13.2 Å². The molecule has 7 heteroatoms. The molecule has 25 heavy (non-hydrogen) atoms. The van der Waals surface area contributed by atoms with Crippen LogP contribution in [0.2, 0.25) is 0 Å². The number of likely N-dealkylation sites (tertiary alicyclic amines) is 1. The van der Waals surface area contributed by atoms with E-state index in [1.54, 1.807) is 30.0 Å². The first-order valence-corrected chi connectivity index (χ1v) is 8.68. The second-order valence-corrected chi connectivity index (χ2v) is 5.88. The van der Waals surface area contributed by atoms with Crippen LogP contribution >= 0.6 is 0 Å². The average molecular weight is 352 g/mol. The molecule has 0 radical (unpaired) electrons. The minimum atomic E-state index is -0.389. The maximum atomic E-state index is 13.4. The van der Waals surface area contributed by atoms with Crippen LogP contribution in [0.4, 0.5) is 9.18 Å². The topological polar surface area (TPSA) is 67.9 Å². The zero-order valence-electron chi connectivity index (χ0n) is 14.5. The third kappa shape index (κ3) is 5.92. The number of halogens is 1. The van der Waals surface area contributed by atoms with E-state index in [2.05, 4.69) is 5.32 Å². The fourth-order valence-electron chi connectivity index (χ4n) is 2.71. The molecule has 0 atom stereocenters. The molecule has 0 unspecified atom stereocenters. The molecular weight excluding hydrogens is 327 g/mol. The number of nitrogens with zero attached hydrogens (tertiary/aromatic N) is 1. The highest BCUT2D eigenvalue weighted by Gasteiger charge is 2.27. The van der Waals surface area contributed by atoms with E-state index >= 15 is 0 Å². The molecule has 1 aromatic rings. The van der Waals surface area contributed by atoms with E-state index in [1.165, 1.54) is 6.07 Å². The number of carbonyl (C=O) groups is 2. The smallest absolute Gasteiger partial charge is 0.409 e. The first-order chi connectivity index (χ1) is 12.1. The Bertz CT molecular complexity index is 574. The van der Waals surface area contributed by atoms with Crippen molar-refractivity contribution in [3.63, 3.8) is 0 Å². The number of ether oxygens (including phenoxy) is 2. The highest BCUT2D eigenvalue weighted by molar-refractivity contribution is 5.79. The summed E-state index contributed by atoms with van der Waals surface area (Å²) in [5.41, 5.74) is 0. The standard InChI is InChI=1S/C18H25FN2O4/c1-2-24-18(23)21-11-8-14(9-12-21)17(22)20-10-5-13-25-16-7-4-3-6-15(16)19/h3-4,6-7,14H,2,5,8-13H2,1H3,(H,20,22). The Hall–Kier alpha value is -2.31. The predicted octanol–water partition coefficient (Wildman–Crippen LogP) is 2.58. The first-order valence-electron chi connectivity index (χ1n) is 8.68. The summed E-state index contributed by atoms with van der Waals surface area (Å²) in [4.78, 5) is 25.4. The van der Waals surface area contributed by atoms with Gasteiger partial charge in [-0.2, -0.15) is 0 Å². The summed E-state index contributed by atoms with van der Waals surface area (Å²) in [6.45, 7) is 4.01. The summed E-state index contributed by atoms with van der Waals surface area (Å²) < 4.78 is 23.7. The average Bonchev–Trinajstić information content (AvgIpc) is 2.63. The lowest BCUT2D eigenvalue weighted by Gasteiger charge is -2.30. The van der Waals surface area contributed by atoms with E-state index in [-0.39, 0.29) is 29.5 Å². The summed E-state index contributed by atoms with van der Waals surface area (Å²) in [5, 5.41) is 2.88. The maximum Gasteiger partial charge on any atom is 0.409 e. The number of piperidine rings is 1. The van der Waals surface area contributed by atoms with Gasteiger partial charge in [0.25, 0.3) is 0 Å². The Balaban J connectivity index is 1.60. The van der Waals surface area contributed by atoms with Gasteiger partial charge in [-0.15, -0.1) is 0 Å². The van der Waals surface area contributed by atoms with Crippen LogP contribution in [0.25, 0.3) is 0 Å². The summed E-state index contributed by atoms with van der Waals surface area (Å²) >= 11 is 0. The highest BCUT2D eigenvalue weighted by atomic mass is 19.1. The van der Waals surface area contributed by atoms with Crippen LogP contribution in [0.15, 0.2) is 24.3 Å². The lowest BCUT2D eigenvalue weighted by molar-refractivity contribution is -0.126. The van der Waals surface area contributed by atoms with E-state index in [0.717, 1.165) is 0 Å². The van der Waals surface area contributed by atoms with Gasteiger partial charge in [-0.1, -0.05) is 12.1 Å². The van der Waals surface area contributed by atoms with Crippen molar-refractivity contribution in [2.45, 2.75) is 26.2 Å². The Kier molecular flexibility index (Phi) is 7.50. The number of benzene rings is 1. The zero-order valence-corrected chi connectivity index (χ0v) is 14.5. The van der Waals surface area contributed by atoms with E-state index in [0.29, 0.717) is 52.1 Å². The molecule has 138 valence electrons. The van der Waals surface area contributed by atoms with Gasteiger partial charge in [-0.25, -0.2) is 9.18 Å². The van der Waals surface area contributed by atoms with E-state index < -0.39 is 0 Å². The Labute approximate surface area is 147 Å². The van der Waals surface area contributed by atoms with Gasteiger partial charge < -0.3 is 19.7 Å². The summed E-state index contributed by atoms with van der Waals surface area (Å²) in [7, 11) is 0. The van der Waals surface area contributed by atoms with E-state index in [9.17, 15) is 14.0 Å². The quantitative estimate of drug-likeness (QED) is 0.766. The van der Waals surface area contributed by atoms with Crippen LogP contribution in [0.5, 0.6) is 5.75 Å². The van der Waals surface area contributed by atoms with Gasteiger partial charge in [-0.05, 0) is 38.3 Å². The molecule has 1 aliphatic rings. The molecule has 1 aliphatic heterocycles. The molecule has 6 nitrogen and oxygen atoms in total. The second-order valence-electron chi connectivity index (χ2n) is 5.88. The van der Waals surface area contributed by atoms with Crippen LogP contribution in [-0.4, -0.2) is 49.7 Å². The van der Waals surface area contributed by atoms with Gasteiger partial charge in [0.1, 0.15) is 0 Å². The maximum absolute atomic E-state index is 13.4. The van der Waals surface area contributed by atoms with Crippen molar-refractivity contribution in [3.8, 4) is 5.75 Å². The van der Waals surface area contributed by atoms with Gasteiger partial charge in [0.2, 0.25) is 5.91 Å². The zero-order chi connectivity index (χ0) is 18.1. The van der Waals surface area contributed by atoms with Crippen LogP contribution in [0.3, 0.4) is 0 Å². The van der Waals surface area contributed by atoms with Crippen LogP contribution in [-0.2, 0) is 9.53 Å². The van der Waals surface area contributed by atoms with Crippen LogP contribution < -0.4 is 10.1 Å². The molecule has 0 spiro atoms. The molecule has 1 aromatic carbocycles. The lowest BCUT2D eigenvalue weighted by Crippen LogP contribution is -2.43. The fraction of sp³-hybridized carbons (Fsp3) is 0.556. The number of hydrogen-bond acceptors (Lipinski definition) is 4. The van der Waals surface area contributed by atoms with Crippen molar-refractivity contribution in [2.75, 3.05) is 32.8 Å². The van der Waals surface area contributed by atoms with Gasteiger partial charge in [0, 0.05) is 25.6 Å². The third-order valence-electron chi connectivity index (χ3n) is 4.11. The molecule has 0 aliphatic carbocycles. The van der Waals surface area contributed by atoms with Crippen LogP contribution in [0, 0.1) is 11.7 Å². The molecule has 1 N–H and O–H groups in total. The van der Waals surface area contributed by atoms with E-state index in [4.69, 9.17) is 9.47 Å². The Morgan fingerprint density at radius 1 is 1.28 bits per heavy atom. The van der Waals surface area contributed by atoms with Crippen molar-refractivity contribution in [2.24, 2.45) is 5.92 Å². The number of carbonyl (C=O) groups excluding carboxylic acids is 2. The Morgan fingerprint density at radius 2 is 2.00 bits per heavy atom. The molecule has 0 bridgehead atoms. The molecule has 1 saturated heterocycles. The molecule has 0 aromatic heterocycles. The van der Waals surface area contributed by atoms with Gasteiger partial charge in [-0.3, -0.25) is 4.79 Å². The Morgan fingerprint density at radius 3 is 2.68 bits per heavy atom. The minimum Gasteiger partial charge on any atom is -0.490 e. The number of para-hydroxylation sites is 1. The number of rotatable bonds is 7. The summed E-state index contributed by atoms with van der Waals surface area (Å²) in [6.07, 6.45) is 1.56. The fourth-order valence-corrected chi connectivity index (χ4v) is 2.71.